The van der Waals surface area contributed by atoms with Crippen LogP contribution in [0.5, 0.6) is 0 Å². The molecule has 0 heterocycles. The van der Waals surface area contributed by atoms with Gasteiger partial charge in [0.1, 0.15) is 21.1 Å². The van der Waals surface area contributed by atoms with Crippen LogP contribution in [0.2, 0.25) is 0 Å². The molecule has 0 spiro atoms. The average Bonchev–Trinajstić information content (AvgIpc) is 2.42. The van der Waals surface area contributed by atoms with Gasteiger partial charge >= 0.3 is 5.97 Å². The molecule has 0 radical (unpaired) electrons. The molecule has 1 aromatic rings. The molecule has 0 saturated heterocycles. The number of esters is 1. The highest BCUT2D eigenvalue weighted by molar-refractivity contribution is 7.90. The summed E-state index contributed by atoms with van der Waals surface area (Å²) in [7, 11) is -1.92. The molecule has 0 aromatic heterocycles. The lowest BCUT2D eigenvalue weighted by Gasteiger charge is -2.30. The molecule has 7 heteroatoms. The zero-order valence-electron chi connectivity index (χ0n) is 12.1. The van der Waals surface area contributed by atoms with E-state index >= 15 is 0 Å². The van der Waals surface area contributed by atoms with Gasteiger partial charge < -0.3 is 10.5 Å². The Balaban J connectivity index is 3.13. The summed E-state index contributed by atoms with van der Waals surface area (Å²) >= 11 is 0. The molecule has 1 aromatic carbocycles. The number of methoxy groups -OCH3 is 1. The van der Waals surface area contributed by atoms with Gasteiger partial charge in [-0.2, -0.15) is 0 Å². The lowest BCUT2D eigenvalue weighted by atomic mass is 9.76. The van der Waals surface area contributed by atoms with E-state index < -0.39 is 27.0 Å². The van der Waals surface area contributed by atoms with Crippen molar-refractivity contribution in [3.63, 3.8) is 0 Å². The zero-order chi connectivity index (χ0) is 16.1. The summed E-state index contributed by atoms with van der Waals surface area (Å²) in [4.78, 5) is 12.2. The van der Waals surface area contributed by atoms with Gasteiger partial charge in [0.2, 0.25) is 0 Å². The van der Waals surface area contributed by atoms with Crippen LogP contribution in [0.4, 0.5) is 4.39 Å². The molecular formula is C14H20FNO4S. The van der Waals surface area contributed by atoms with Crippen molar-refractivity contribution in [1.29, 1.82) is 0 Å². The van der Waals surface area contributed by atoms with Gasteiger partial charge in [0, 0.05) is 18.6 Å². The highest BCUT2D eigenvalue weighted by Crippen LogP contribution is 2.31. The fraction of sp³-hybridized carbons (Fsp3) is 0.500. The molecule has 2 N–H and O–H groups in total. The summed E-state index contributed by atoms with van der Waals surface area (Å²) in [6.07, 6.45) is 1.53. The maximum absolute atomic E-state index is 13.4. The van der Waals surface area contributed by atoms with Gasteiger partial charge in [-0.05, 0) is 30.5 Å². The van der Waals surface area contributed by atoms with Crippen LogP contribution in [0.3, 0.4) is 0 Å². The van der Waals surface area contributed by atoms with Crippen LogP contribution in [-0.4, -0.2) is 40.1 Å². The molecule has 0 fully saturated rings. The van der Waals surface area contributed by atoms with Gasteiger partial charge in [0.25, 0.3) is 0 Å². The van der Waals surface area contributed by atoms with E-state index in [1.54, 1.807) is 6.07 Å². The number of nitrogens with two attached hydrogens (primary N) is 1. The number of halogens is 1. The Labute approximate surface area is 124 Å². The van der Waals surface area contributed by atoms with Crippen LogP contribution in [0.15, 0.2) is 24.3 Å². The smallest absolute Gasteiger partial charge is 0.317 e. The van der Waals surface area contributed by atoms with E-state index in [-0.39, 0.29) is 25.1 Å². The third kappa shape index (κ3) is 4.50. The molecule has 0 bridgehead atoms. The predicted octanol–water partition coefficient (Wildman–Crippen LogP) is 1.02. The molecule has 0 aliphatic carbocycles. The van der Waals surface area contributed by atoms with Crippen molar-refractivity contribution in [2.24, 2.45) is 5.73 Å². The highest BCUT2D eigenvalue weighted by atomic mass is 32.2. The lowest BCUT2D eigenvalue weighted by molar-refractivity contribution is -0.147. The number of carbonyl (C=O) groups is 1. The van der Waals surface area contributed by atoms with Crippen LogP contribution in [0.1, 0.15) is 18.4 Å². The molecule has 0 aliphatic rings. The van der Waals surface area contributed by atoms with E-state index in [4.69, 9.17) is 10.5 Å². The van der Waals surface area contributed by atoms with Crippen LogP contribution in [0.25, 0.3) is 0 Å². The van der Waals surface area contributed by atoms with E-state index in [0.29, 0.717) is 5.56 Å². The fourth-order valence-electron chi connectivity index (χ4n) is 2.29. The van der Waals surface area contributed by atoms with Crippen molar-refractivity contribution in [1.82, 2.24) is 0 Å². The van der Waals surface area contributed by atoms with Gasteiger partial charge in [-0.15, -0.1) is 0 Å². The number of rotatable bonds is 7. The standard InChI is InChI=1S/C14H20FNO4S/c1-20-13(17)14(10-16,7-4-8-21(2,18)19)11-5-3-6-12(15)9-11/h3,5-6,9H,4,7-8,10,16H2,1-2H3. The Morgan fingerprint density at radius 3 is 2.57 bits per heavy atom. The second kappa shape index (κ2) is 7.00. The van der Waals surface area contributed by atoms with Crippen molar-refractivity contribution in [2.75, 3.05) is 25.7 Å². The van der Waals surface area contributed by atoms with Crippen molar-refractivity contribution < 1.29 is 22.3 Å². The van der Waals surface area contributed by atoms with Gasteiger partial charge in [0.05, 0.1) is 7.11 Å². The van der Waals surface area contributed by atoms with Crippen molar-refractivity contribution in [3.8, 4) is 0 Å². The zero-order valence-corrected chi connectivity index (χ0v) is 13.0. The maximum atomic E-state index is 13.4. The van der Waals surface area contributed by atoms with Crippen LogP contribution >= 0.6 is 0 Å². The Morgan fingerprint density at radius 1 is 1.43 bits per heavy atom. The normalized spacial score (nSPS) is 14.5. The topological polar surface area (TPSA) is 86.5 Å². The summed E-state index contributed by atoms with van der Waals surface area (Å²) in [5.74, 6) is -1.15. The fourth-order valence-corrected chi connectivity index (χ4v) is 2.95. The lowest BCUT2D eigenvalue weighted by Crippen LogP contribution is -2.44. The number of hydrogen-bond acceptors (Lipinski definition) is 5. The monoisotopic (exact) mass is 317 g/mol. The van der Waals surface area contributed by atoms with Gasteiger partial charge in [-0.3, -0.25) is 4.79 Å². The van der Waals surface area contributed by atoms with Gasteiger partial charge in [-0.1, -0.05) is 12.1 Å². The van der Waals surface area contributed by atoms with Gasteiger partial charge in [-0.25, -0.2) is 12.8 Å². The van der Waals surface area contributed by atoms with Crippen molar-refractivity contribution in [3.05, 3.63) is 35.6 Å². The molecule has 0 aliphatic heterocycles. The molecule has 118 valence electrons. The first-order valence-corrected chi connectivity index (χ1v) is 8.53. The minimum atomic E-state index is -3.14. The largest absolute Gasteiger partial charge is 0.468 e. The summed E-state index contributed by atoms with van der Waals surface area (Å²) in [5, 5.41) is 0. The van der Waals surface area contributed by atoms with Crippen molar-refractivity contribution >= 4 is 15.8 Å². The summed E-state index contributed by atoms with van der Waals surface area (Å²) in [5.41, 5.74) is 4.90. The van der Waals surface area contributed by atoms with E-state index in [1.165, 1.54) is 25.3 Å². The predicted molar refractivity (Wildman–Crippen MR) is 78.1 cm³/mol. The van der Waals surface area contributed by atoms with Crippen molar-refractivity contribution in [2.45, 2.75) is 18.3 Å². The summed E-state index contributed by atoms with van der Waals surface area (Å²) in [6.45, 7) is -0.0904. The number of carbonyl (C=O) groups excluding carboxylic acids is 1. The first kappa shape index (κ1) is 17.6. The Kier molecular flexibility index (Phi) is 5.86. The summed E-state index contributed by atoms with van der Waals surface area (Å²) < 4.78 is 40.7. The highest BCUT2D eigenvalue weighted by Gasteiger charge is 2.40. The molecule has 1 unspecified atom stereocenters. The van der Waals surface area contributed by atoms with Crippen LogP contribution in [-0.2, 0) is 24.8 Å². The molecule has 5 nitrogen and oxygen atoms in total. The minimum Gasteiger partial charge on any atom is -0.468 e. The Hall–Kier alpha value is -1.47. The maximum Gasteiger partial charge on any atom is 0.317 e. The molecule has 0 saturated carbocycles. The van der Waals surface area contributed by atoms with E-state index in [2.05, 4.69) is 0 Å². The summed E-state index contributed by atoms with van der Waals surface area (Å²) in [6, 6.07) is 5.56. The second-order valence-electron chi connectivity index (χ2n) is 5.02. The Morgan fingerprint density at radius 2 is 2.10 bits per heavy atom. The molecule has 21 heavy (non-hydrogen) atoms. The molecule has 1 atom stereocenters. The molecule has 1 rings (SSSR count). The second-order valence-corrected chi connectivity index (χ2v) is 7.28. The SMILES string of the molecule is COC(=O)C(CN)(CCCS(C)(=O)=O)c1cccc(F)c1. The van der Waals surface area contributed by atoms with Gasteiger partial charge in [0.15, 0.2) is 0 Å². The quantitative estimate of drug-likeness (QED) is 0.759. The first-order valence-electron chi connectivity index (χ1n) is 6.47. The number of benzene rings is 1. The van der Waals surface area contributed by atoms with E-state index in [9.17, 15) is 17.6 Å². The number of ether oxygens (including phenoxy) is 1. The first-order chi connectivity index (χ1) is 9.75. The van der Waals surface area contributed by atoms with Crippen LogP contribution in [0, 0.1) is 5.82 Å². The Bertz CT molecular complexity index is 603. The average molecular weight is 317 g/mol. The number of hydrogen-bond donors (Lipinski definition) is 1. The molecule has 0 amide bonds. The molecular weight excluding hydrogens is 297 g/mol. The van der Waals surface area contributed by atoms with E-state index in [1.807, 2.05) is 0 Å². The van der Waals surface area contributed by atoms with Crippen LogP contribution < -0.4 is 5.73 Å². The number of sulfone groups is 1. The minimum absolute atomic E-state index is 0.0684. The third-order valence-electron chi connectivity index (χ3n) is 3.42. The van der Waals surface area contributed by atoms with E-state index in [0.717, 1.165) is 6.26 Å². The third-order valence-corrected chi connectivity index (χ3v) is 4.45.